The number of aromatic nitrogens is 2. The average Bonchev–Trinajstić information content (AvgIpc) is 2.39. The quantitative estimate of drug-likeness (QED) is 0.770. The van der Waals surface area contributed by atoms with Gasteiger partial charge in [-0.05, 0) is 18.2 Å². The Bertz CT molecular complexity index is 491. The molecule has 0 spiro atoms. The summed E-state index contributed by atoms with van der Waals surface area (Å²) >= 11 is 0. The molecule has 0 unspecified atom stereocenters. The van der Waals surface area contributed by atoms with Gasteiger partial charge in [-0.15, -0.1) is 0 Å². The van der Waals surface area contributed by atoms with Crippen LogP contribution in [0.1, 0.15) is 0 Å². The molecule has 1 fully saturated rings. The Morgan fingerprint density at radius 2 is 2.00 bits per heavy atom. The second kappa shape index (κ2) is 4.06. The molecule has 1 N–H and O–H groups in total. The molecule has 2 aromatic rings. The molecular formula is C12H14N4. The van der Waals surface area contributed by atoms with Crippen molar-refractivity contribution in [3.8, 4) is 0 Å². The predicted octanol–water partition coefficient (Wildman–Crippen LogP) is 1.04. The van der Waals surface area contributed by atoms with E-state index in [-0.39, 0.29) is 0 Å². The molecule has 0 amide bonds. The summed E-state index contributed by atoms with van der Waals surface area (Å²) in [4.78, 5) is 11.0. The van der Waals surface area contributed by atoms with Crippen LogP contribution in [0.3, 0.4) is 0 Å². The van der Waals surface area contributed by atoms with Gasteiger partial charge in [0, 0.05) is 37.8 Å². The van der Waals surface area contributed by atoms with Crippen LogP contribution in [0, 0.1) is 0 Å². The van der Waals surface area contributed by atoms with Gasteiger partial charge < -0.3 is 10.2 Å². The average molecular weight is 214 g/mol. The van der Waals surface area contributed by atoms with Gasteiger partial charge in [-0.1, -0.05) is 0 Å². The van der Waals surface area contributed by atoms with Gasteiger partial charge in [0.25, 0.3) is 0 Å². The van der Waals surface area contributed by atoms with Gasteiger partial charge >= 0.3 is 0 Å². The van der Waals surface area contributed by atoms with Crippen molar-refractivity contribution in [2.24, 2.45) is 0 Å². The Labute approximate surface area is 94.3 Å². The molecule has 0 aromatic carbocycles. The lowest BCUT2D eigenvalue weighted by atomic mass is 10.2. The zero-order chi connectivity index (χ0) is 10.8. The fraction of sp³-hybridized carbons (Fsp3) is 0.333. The zero-order valence-corrected chi connectivity index (χ0v) is 9.06. The number of hydrogen-bond donors (Lipinski definition) is 1. The highest BCUT2D eigenvalue weighted by Gasteiger charge is 2.11. The normalized spacial score (nSPS) is 16.6. The standard InChI is InChI=1S/C12H14N4/c1-2-12(16-7-5-13-6-8-16)15-11-9-14-4-3-10(1)11/h1-4,9,13H,5-8H2. The summed E-state index contributed by atoms with van der Waals surface area (Å²) in [6.45, 7) is 4.12. The van der Waals surface area contributed by atoms with Gasteiger partial charge in [-0.3, -0.25) is 4.98 Å². The number of nitrogens with zero attached hydrogens (tertiary/aromatic N) is 3. The van der Waals surface area contributed by atoms with E-state index < -0.39 is 0 Å². The Hall–Kier alpha value is -1.68. The molecule has 16 heavy (non-hydrogen) atoms. The van der Waals surface area contributed by atoms with Gasteiger partial charge in [-0.2, -0.15) is 0 Å². The van der Waals surface area contributed by atoms with Crippen LogP contribution in [0.4, 0.5) is 5.82 Å². The summed E-state index contributed by atoms with van der Waals surface area (Å²) in [7, 11) is 0. The first kappa shape index (κ1) is 9.54. The first-order valence-electron chi connectivity index (χ1n) is 5.60. The minimum Gasteiger partial charge on any atom is -0.354 e. The van der Waals surface area contributed by atoms with Crippen molar-refractivity contribution in [2.75, 3.05) is 31.1 Å². The number of piperazine rings is 1. The second-order valence-corrected chi connectivity index (χ2v) is 3.97. The van der Waals surface area contributed by atoms with Gasteiger partial charge in [-0.25, -0.2) is 4.98 Å². The van der Waals surface area contributed by atoms with E-state index in [2.05, 4.69) is 32.3 Å². The smallest absolute Gasteiger partial charge is 0.129 e. The van der Waals surface area contributed by atoms with Crippen LogP contribution in [0.25, 0.3) is 10.9 Å². The molecule has 1 aliphatic rings. The lowest BCUT2D eigenvalue weighted by molar-refractivity contribution is 0.585. The molecule has 3 heterocycles. The van der Waals surface area contributed by atoms with Crippen LogP contribution in [0.15, 0.2) is 30.6 Å². The zero-order valence-electron chi connectivity index (χ0n) is 9.06. The minimum atomic E-state index is 0.971. The summed E-state index contributed by atoms with van der Waals surface area (Å²) in [5, 5.41) is 4.49. The molecule has 82 valence electrons. The molecule has 1 saturated heterocycles. The fourth-order valence-corrected chi connectivity index (χ4v) is 2.03. The lowest BCUT2D eigenvalue weighted by Gasteiger charge is -2.28. The summed E-state index contributed by atoms with van der Waals surface area (Å²) in [6.07, 6.45) is 3.62. The van der Waals surface area contributed by atoms with E-state index >= 15 is 0 Å². The van der Waals surface area contributed by atoms with Crippen LogP contribution < -0.4 is 10.2 Å². The Morgan fingerprint density at radius 1 is 1.12 bits per heavy atom. The van der Waals surface area contributed by atoms with Gasteiger partial charge in [0.15, 0.2) is 0 Å². The Morgan fingerprint density at radius 3 is 2.88 bits per heavy atom. The van der Waals surface area contributed by atoms with E-state index in [1.54, 1.807) is 6.20 Å². The van der Waals surface area contributed by atoms with Crippen LogP contribution in [0.5, 0.6) is 0 Å². The molecule has 0 atom stereocenters. The molecule has 0 radical (unpaired) electrons. The fourth-order valence-electron chi connectivity index (χ4n) is 2.03. The van der Waals surface area contributed by atoms with Crippen LogP contribution >= 0.6 is 0 Å². The van der Waals surface area contributed by atoms with Gasteiger partial charge in [0.05, 0.1) is 11.7 Å². The third kappa shape index (κ3) is 1.72. The van der Waals surface area contributed by atoms with Crippen molar-refractivity contribution in [1.82, 2.24) is 15.3 Å². The molecule has 0 bridgehead atoms. The number of pyridine rings is 2. The maximum absolute atomic E-state index is 4.63. The van der Waals surface area contributed by atoms with Crippen LogP contribution in [-0.4, -0.2) is 36.1 Å². The third-order valence-electron chi connectivity index (χ3n) is 2.92. The van der Waals surface area contributed by atoms with E-state index in [4.69, 9.17) is 0 Å². The van der Waals surface area contributed by atoms with E-state index in [0.717, 1.165) is 42.9 Å². The number of rotatable bonds is 1. The largest absolute Gasteiger partial charge is 0.354 e. The summed E-state index contributed by atoms with van der Waals surface area (Å²) in [5.74, 6) is 1.06. The van der Waals surface area contributed by atoms with Crippen molar-refractivity contribution < 1.29 is 0 Å². The topological polar surface area (TPSA) is 41.0 Å². The molecule has 1 aliphatic heterocycles. The van der Waals surface area contributed by atoms with E-state index in [1.165, 1.54) is 0 Å². The second-order valence-electron chi connectivity index (χ2n) is 3.97. The highest BCUT2D eigenvalue weighted by Crippen LogP contribution is 2.17. The predicted molar refractivity (Wildman–Crippen MR) is 64.6 cm³/mol. The lowest BCUT2D eigenvalue weighted by Crippen LogP contribution is -2.43. The summed E-state index contributed by atoms with van der Waals surface area (Å²) in [6, 6.07) is 6.19. The molecule has 0 saturated carbocycles. The first-order valence-corrected chi connectivity index (χ1v) is 5.60. The maximum Gasteiger partial charge on any atom is 0.129 e. The van der Waals surface area contributed by atoms with Crippen LogP contribution in [-0.2, 0) is 0 Å². The van der Waals surface area contributed by atoms with Gasteiger partial charge in [0.1, 0.15) is 5.82 Å². The number of fused-ring (bicyclic) bond motifs is 1. The van der Waals surface area contributed by atoms with E-state index in [1.807, 2.05) is 12.3 Å². The van der Waals surface area contributed by atoms with Crippen molar-refractivity contribution in [3.63, 3.8) is 0 Å². The Balaban J connectivity index is 1.97. The van der Waals surface area contributed by atoms with Crippen molar-refractivity contribution in [2.45, 2.75) is 0 Å². The SMILES string of the molecule is c1cc2ccc(N3CCNCC3)nc2cn1. The molecule has 4 heteroatoms. The highest BCUT2D eigenvalue weighted by atomic mass is 15.2. The van der Waals surface area contributed by atoms with Crippen molar-refractivity contribution in [1.29, 1.82) is 0 Å². The third-order valence-corrected chi connectivity index (χ3v) is 2.92. The maximum atomic E-state index is 4.63. The number of anilines is 1. The summed E-state index contributed by atoms with van der Waals surface area (Å²) < 4.78 is 0. The molecule has 4 nitrogen and oxygen atoms in total. The van der Waals surface area contributed by atoms with E-state index in [0.29, 0.717) is 0 Å². The number of nitrogens with one attached hydrogen (secondary N) is 1. The van der Waals surface area contributed by atoms with Crippen molar-refractivity contribution >= 4 is 16.7 Å². The molecule has 0 aliphatic carbocycles. The summed E-state index contributed by atoms with van der Waals surface area (Å²) in [5.41, 5.74) is 0.971. The molecule has 3 rings (SSSR count). The first-order chi connectivity index (χ1) is 7.93. The monoisotopic (exact) mass is 214 g/mol. The van der Waals surface area contributed by atoms with Crippen molar-refractivity contribution in [3.05, 3.63) is 30.6 Å². The highest BCUT2D eigenvalue weighted by molar-refractivity contribution is 5.79. The molecule has 2 aromatic heterocycles. The van der Waals surface area contributed by atoms with E-state index in [9.17, 15) is 0 Å². The molecular weight excluding hydrogens is 200 g/mol. The Kier molecular flexibility index (Phi) is 2.42. The van der Waals surface area contributed by atoms with Crippen LogP contribution in [0.2, 0.25) is 0 Å². The minimum absolute atomic E-state index is 0.971. The number of hydrogen-bond acceptors (Lipinski definition) is 4. The van der Waals surface area contributed by atoms with Gasteiger partial charge in [0.2, 0.25) is 0 Å².